The van der Waals surface area contributed by atoms with Crippen LogP contribution in [0.25, 0.3) is 5.57 Å². The molecule has 2 aromatic carbocycles. The van der Waals surface area contributed by atoms with Crippen LogP contribution in [0.15, 0.2) is 81.9 Å². The molecule has 0 aliphatic carbocycles. The molecule has 1 aromatic heterocycles. The van der Waals surface area contributed by atoms with Crippen LogP contribution in [0.2, 0.25) is 0 Å². The minimum Gasteiger partial charge on any atom is -0.268 e. The van der Waals surface area contributed by atoms with Gasteiger partial charge in [-0.25, -0.2) is 4.90 Å². The van der Waals surface area contributed by atoms with Crippen molar-refractivity contribution in [1.82, 2.24) is 0 Å². The van der Waals surface area contributed by atoms with Crippen LogP contribution >= 0.6 is 23.1 Å². The van der Waals surface area contributed by atoms with Crippen LogP contribution in [0.3, 0.4) is 0 Å². The van der Waals surface area contributed by atoms with Gasteiger partial charge >= 0.3 is 0 Å². The maximum Gasteiger partial charge on any atom is 0.272 e. The number of thiophene rings is 1. The van der Waals surface area contributed by atoms with E-state index < -0.39 is 0 Å². The molecule has 0 saturated heterocycles. The SMILES string of the molecule is N#Cc1ccc(N2C(=O)C(Sc3ccccc3)=C(c3cccs3)C2=O)cc1. The molecule has 2 heterocycles. The van der Waals surface area contributed by atoms with Gasteiger partial charge in [0.05, 0.1) is 27.8 Å². The first-order valence-electron chi connectivity index (χ1n) is 8.09. The van der Waals surface area contributed by atoms with Crippen LogP contribution in [0.1, 0.15) is 10.4 Å². The molecular weight excluding hydrogens is 376 g/mol. The molecule has 3 aromatic rings. The maximum atomic E-state index is 13.1. The third kappa shape index (κ3) is 3.19. The molecule has 0 saturated carbocycles. The van der Waals surface area contributed by atoms with Crippen LogP contribution < -0.4 is 4.90 Å². The minimum absolute atomic E-state index is 0.342. The Balaban J connectivity index is 1.78. The second-order valence-electron chi connectivity index (χ2n) is 5.70. The third-order valence-corrected chi connectivity index (χ3v) is 6.00. The highest BCUT2D eigenvalue weighted by Gasteiger charge is 2.40. The van der Waals surface area contributed by atoms with E-state index in [2.05, 4.69) is 0 Å². The fourth-order valence-electron chi connectivity index (χ4n) is 2.77. The van der Waals surface area contributed by atoms with Crippen LogP contribution in [0.4, 0.5) is 5.69 Å². The molecule has 0 unspecified atom stereocenters. The Morgan fingerprint density at radius 3 is 2.26 bits per heavy atom. The summed E-state index contributed by atoms with van der Waals surface area (Å²) in [5.41, 5.74) is 1.36. The lowest BCUT2D eigenvalue weighted by Crippen LogP contribution is -2.31. The summed E-state index contributed by atoms with van der Waals surface area (Å²) in [6, 6.07) is 21.7. The van der Waals surface area contributed by atoms with Gasteiger partial charge in [0.25, 0.3) is 11.8 Å². The van der Waals surface area contributed by atoms with Crippen molar-refractivity contribution in [1.29, 1.82) is 5.26 Å². The molecule has 2 amide bonds. The molecule has 4 rings (SSSR count). The Kier molecular flexibility index (Phi) is 4.63. The lowest BCUT2D eigenvalue weighted by atomic mass is 10.2. The lowest BCUT2D eigenvalue weighted by Gasteiger charge is -2.15. The quantitative estimate of drug-likeness (QED) is 0.608. The van der Waals surface area contributed by atoms with Crippen molar-refractivity contribution in [3.05, 3.63) is 87.5 Å². The van der Waals surface area contributed by atoms with E-state index >= 15 is 0 Å². The van der Waals surface area contributed by atoms with E-state index in [1.165, 1.54) is 28.0 Å². The van der Waals surface area contributed by atoms with E-state index in [4.69, 9.17) is 5.26 Å². The number of thioether (sulfide) groups is 1. The molecule has 0 spiro atoms. The van der Waals surface area contributed by atoms with E-state index in [-0.39, 0.29) is 11.8 Å². The molecule has 0 atom stereocenters. The predicted molar refractivity (Wildman–Crippen MR) is 107 cm³/mol. The summed E-state index contributed by atoms with van der Waals surface area (Å²) in [7, 11) is 0. The van der Waals surface area contributed by atoms with Gasteiger partial charge in [-0.2, -0.15) is 5.26 Å². The van der Waals surface area contributed by atoms with Crippen molar-refractivity contribution in [2.75, 3.05) is 4.90 Å². The zero-order valence-electron chi connectivity index (χ0n) is 14.0. The van der Waals surface area contributed by atoms with Crippen molar-refractivity contribution in [2.45, 2.75) is 4.90 Å². The number of rotatable bonds is 4. The molecule has 27 heavy (non-hydrogen) atoms. The fourth-order valence-corrected chi connectivity index (χ4v) is 4.61. The van der Waals surface area contributed by atoms with Crippen LogP contribution in [0.5, 0.6) is 0 Å². The number of carbonyl (C=O) groups is 2. The molecule has 0 bridgehead atoms. The highest BCUT2D eigenvalue weighted by molar-refractivity contribution is 8.04. The van der Waals surface area contributed by atoms with E-state index in [1.54, 1.807) is 24.3 Å². The Morgan fingerprint density at radius 2 is 1.63 bits per heavy atom. The largest absolute Gasteiger partial charge is 0.272 e. The summed E-state index contributed by atoms with van der Waals surface area (Å²) in [6.45, 7) is 0. The molecule has 0 N–H and O–H groups in total. The second kappa shape index (κ2) is 7.23. The number of benzene rings is 2. The van der Waals surface area contributed by atoms with E-state index in [9.17, 15) is 9.59 Å². The summed E-state index contributed by atoms with van der Waals surface area (Å²) < 4.78 is 0. The average molecular weight is 388 g/mol. The number of carbonyl (C=O) groups excluding carboxylic acids is 2. The van der Waals surface area contributed by atoms with Crippen molar-refractivity contribution in [3.63, 3.8) is 0 Å². The standard InChI is InChI=1S/C21H12N2O2S2/c22-13-14-8-10-15(11-9-14)23-20(24)18(17-7-4-12-26-17)19(21(23)25)27-16-5-2-1-3-6-16/h1-12H. The monoisotopic (exact) mass is 388 g/mol. The molecule has 0 fully saturated rings. The summed E-state index contributed by atoms with van der Waals surface area (Å²) in [5.74, 6) is -0.687. The zero-order chi connectivity index (χ0) is 18.8. The normalized spacial score (nSPS) is 14.0. The number of amides is 2. The Hall–Kier alpha value is -3.14. The van der Waals surface area contributed by atoms with Gasteiger partial charge in [0, 0.05) is 9.77 Å². The van der Waals surface area contributed by atoms with Crippen LogP contribution in [0, 0.1) is 11.3 Å². The first-order valence-corrected chi connectivity index (χ1v) is 9.78. The summed E-state index contributed by atoms with van der Waals surface area (Å²) in [5, 5.41) is 10.8. The van der Waals surface area contributed by atoms with Gasteiger partial charge in [-0.1, -0.05) is 36.0 Å². The summed E-state index contributed by atoms with van der Waals surface area (Å²) in [6.07, 6.45) is 0. The topological polar surface area (TPSA) is 61.2 Å². The highest BCUT2D eigenvalue weighted by atomic mass is 32.2. The van der Waals surface area contributed by atoms with Crippen molar-refractivity contribution >= 4 is 46.2 Å². The Bertz CT molecular complexity index is 1080. The number of hydrogen-bond acceptors (Lipinski definition) is 5. The van der Waals surface area contributed by atoms with Gasteiger partial charge in [0.15, 0.2) is 0 Å². The average Bonchev–Trinajstić information content (AvgIpc) is 3.30. The maximum absolute atomic E-state index is 13.1. The number of imide groups is 1. The number of anilines is 1. The highest BCUT2D eigenvalue weighted by Crippen LogP contribution is 2.42. The summed E-state index contributed by atoms with van der Waals surface area (Å²) >= 11 is 2.73. The molecule has 6 heteroatoms. The molecule has 1 aliphatic rings. The predicted octanol–water partition coefficient (Wildman–Crippen LogP) is 4.70. The molecule has 4 nitrogen and oxygen atoms in total. The molecule has 0 radical (unpaired) electrons. The molecule has 1 aliphatic heterocycles. The lowest BCUT2D eigenvalue weighted by molar-refractivity contribution is -0.119. The first-order chi connectivity index (χ1) is 13.2. The fraction of sp³-hybridized carbons (Fsp3) is 0. The van der Waals surface area contributed by atoms with Crippen molar-refractivity contribution < 1.29 is 9.59 Å². The van der Waals surface area contributed by atoms with Gasteiger partial charge in [-0.05, 0) is 47.8 Å². The minimum atomic E-state index is -0.345. The smallest absolute Gasteiger partial charge is 0.268 e. The van der Waals surface area contributed by atoms with Gasteiger partial charge < -0.3 is 0 Å². The molecule has 130 valence electrons. The van der Waals surface area contributed by atoms with Gasteiger partial charge in [0.1, 0.15) is 0 Å². The van der Waals surface area contributed by atoms with Gasteiger partial charge in [-0.3, -0.25) is 9.59 Å². The Morgan fingerprint density at radius 1 is 0.889 bits per heavy atom. The number of hydrogen-bond donors (Lipinski definition) is 0. The third-order valence-electron chi connectivity index (χ3n) is 4.03. The van der Waals surface area contributed by atoms with E-state index in [0.29, 0.717) is 21.7 Å². The zero-order valence-corrected chi connectivity index (χ0v) is 15.6. The molecular formula is C21H12N2O2S2. The van der Waals surface area contributed by atoms with Crippen LogP contribution in [-0.4, -0.2) is 11.8 Å². The van der Waals surface area contributed by atoms with E-state index in [1.807, 2.05) is 53.9 Å². The Labute approximate surface area is 164 Å². The van der Waals surface area contributed by atoms with Gasteiger partial charge in [-0.15, -0.1) is 11.3 Å². The van der Waals surface area contributed by atoms with Crippen molar-refractivity contribution in [2.24, 2.45) is 0 Å². The van der Waals surface area contributed by atoms with Crippen LogP contribution in [-0.2, 0) is 9.59 Å². The number of nitrogens with zero attached hydrogens (tertiary/aromatic N) is 2. The second-order valence-corrected chi connectivity index (χ2v) is 7.73. The van der Waals surface area contributed by atoms with E-state index in [0.717, 1.165) is 9.77 Å². The first kappa shape index (κ1) is 17.3. The van der Waals surface area contributed by atoms with Gasteiger partial charge in [0.2, 0.25) is 0 Å². The van der Waals surface area contributed by atoms with Crippen molar-refractivity contribution in [3.8, 4) is 6.07 Å². The number of nitriles is 1. The summed E-state index contributed by atoms with van der Waals surface area (Å²) in [4.78, 5) is 29.5.